The predicted molar refractivity (Wildman–Crippen MR) is 71.9 cm³/mol. The predicted octanol–water partition coefficient (Wildman–Crippen LogP) is 1.65. The second kappa shape index (κ2) is 5.31. The molecule has 3 amide bonds. The van der Waals surface area contributed by atoms with Gasteiger partial charge in [0.15, 0.2) is 0 Å². The van der Waals surface area contributed by atoms with Crippen molar-refractivity contribution in [3.63, 3.8) is 0 Å². The third-order valence-electron chi connectivity index (χ3n) is 2.52. The standard InChI is InChI=1S/C12H11BrN2O4/c1-18-9-5-10(19-2)7(13)3-6(9)4-8-11(16)15-12(17)14-8/h3-5H,1-2H3,(H2,14,15,16,17)/b8-4-. The van der Waals surface area contributed by atoms with Gasteiger partial charge in [-0.3, -0.25) is 10.1 Å². The molecular formula is C12H11BrN2O4. The number of benzene rings is 1. The lowest BCUT2D eigenvalue weighted by molar-refractivity contribution is -0.115. The zero-order valence-electron chi connectivity index (χ0n) is 10.2. The number of carbonyl (C=O) groups is 2. The highest BCUT2D eigenvalue weighted by atomic mass is 79.9. The van der Waals surface area contributed by atoms with Crippen molar-refractivity contribution < 1.29 is 19.1 Å². The molecule has 0 spiro atoms. The molecule has 1 aliphatic heterocycles. The molecule has 1 heterocycles. The third kappa shape index (κ3) is 2.70. The molecule has 0 atom stereocenters. The minimum Gasteiger partial charge on any atom is -0.496 e. The summed E-state index contributed by atoms with van der Waals surface area (Å²) in [5.41, 5.74) is 0.808. The average molecular weight is 327 g/mol. The van der Waals surface area contributed by atoms with Crippen LogP contribution in [0.2, 0.25) is 0 Å². The minimum atomic E-state index is -0.539. The largest absolute Gasteiger partial charge is 0.496 e. The van der Waals surface area contributed by atoms with Crippen molar-refractivity contribution in [2.24, 2.45) is 0 Å². The summed E-state index contributed by atoms with van der Waals surface area (Å²) in [7, 11) is 3.06. The van der Waals surface area contributed by atoms with E-state index >= 15 is 0 Å². The summed E-state index contributed by atoms with van der Waals surface area (Å²) in [5.74, 6) is 0.666. The van der Waals surface area contributed by atoms with Gasteiger partial charge in [-0.05, 0) is 28.1 Å². The molecule has 0 aliphatic carbocycles. The van der Waals surface area contributed by atoms with E-state index in [1.54, 1.807) is 19.2 Å². The van der Waals surface area contributed by atoms with Gasteiger partial charge < -0.3 is 14.8 Å². The normalized spacial score (nSPS) is 16.3. The van der Waals surface area contributed by atoms with Crippen molar-refractivity contribution in [2.75, 3.05) is 14.2 Å². The summed E-state index contributed by atoms with van der Waals surface area (Å²) in [6.45, 7) is 0. The fourth-order valence-electron chi connectivity index (χ4n) is 1.63. The summed E-state index contributed by atoms with van der Waals surface area (Å²) in [6, 6.07) is 2.89. The van der Waals surface area contributed by atoms with Crippen LogP contribution in [-0.2, 0) is 4.79 Å². The quantitative estimate of drug-likeness (QED) is 0.654. The molecule has 1 fully saturated rings. The first kappa shape index (κ1) is 13.4. The van der Waals surface area contributed by atoms with E-state index in [4.69, 9.17) is 9.47 Å². The van der Waals surface area contributed by atoms with Crippen LogP contribution in [0.25, 0.3) is 6.08 Å². The number of methoxy groups -OCH3 is 2. The monoisotopic (exact) mass is 326 g/mol. The van der Waals surface area contributed by atoms with Crippen LogP contribution in [-0.4, -0.2) is 26.2 Å². The number of urea groups is 1. The fourth-order valence-corrected chi connectivity index (χ4v) is 2.16. The lowest BCUT2D eigenvalue weighted by Gasteiger charge is -2.10. The lowest BCUT2D eigenvalue weighted by atomic mass is 10.1. The molecule has 1 aromatic rings. The second-order valence-corrected chi connectivity index (χ2v) is 4.55. The summed E-state index contributed by atoms with van der Waals surface area (Å²) < 4.78 is 11.1. The topological polar surface area (TPSA) is 76.7 Å². The maximum absolute atomic E-state index is 11.5. The van der Waals surface area contributed by atoms with E-state index in [9.17, 15) is 9.59 Å². The third-order valence-corrected chi connectivity index (χ3v) is 3.14. The minimum absolute atomic E-state index is 0.167. The molecule has 2 N–H and O–H groups in total. The van der Waals surface area contributed by atoms with E-state index in [-0.39, 0.29) is 5.70 Å². The Kier molecular flexibility index (Phi) is 3.75. The molecule has 19 heavy (non-hydrogen) atoms. The molecule has 1 saturated heterocycles. The number of hydrogen-bond acceptors (Lipinski definition) is 4. The van der Waals surface area contributed by atoms with Crippen LogP contribution in [0.3, 0.4) is 0 Å². The van der Waals surface area contributed by atoms with Crippen LogP contribution in [0.5, 0.6) is 11.5 Å². The van der Waals surface area contributed by atoms with Gasteiger partial charge in [0.25, 0.3) is 5.91 Å². The van der Waals surface area contributed by atoms with E-state index in [0.717, 1.165) is 0 Å². The first-order valence-corrected chi connectivity index (χ1v) is 6.10. The highest BCUT2D eigenvalue weighted by molar-refractivity contribution is 9.10. The number of imide groups is 1. The van der Waals surface area contributed by atoms with Gasteiger partial charge in [0.2, 0.25) is 0 Å². The SMILES string of the molecule is COc1cc(OC)c(/C=C2\NC(=O)NC2=O)cc1Br. The Bertz CT molecular complexity index is 583. The molecule has 0 aromatic heterocycles. The average Bonchev–Trinajstić information content (AvgIpc) is 2.68. The first-order chi connectivity index (χ1) is 9.05. The van der Waals surface area contributed by atoms with Crippen LogP contribution < -0.4 is 20.1 Å². The molecule has 1 aliphatic rings. The molecule has 0 unspecified atom stereocenters. The molecular weight excluding hydrogens is 316 g/mol. The van der Waals surface area contributed by atoms with Gasteiger partial charge in [-0.2, -0.15) is 0 Å². The number of carbonyl (C=O) groups excluding carboxylic acids is 2. The van der Waals surface area contributed by atoms with Crippen LogP contribution in [0, 0.1) is 0 Å². The van der Waals surface area contributed by atoms with Gasteiger partial charge in [0, 0.05) is 11.6 Å². The second-order valence-electron chi connectivity index (χ2n) is 3.69. The van der Waals surface area contributed by atoms with Crippen LogP contribution in [0.4, 0.5) is 4.79 Å². The zero-order valence-corrected chi connectivity index (χ0v) is 11.8. The van der Waals surface area contributed by atoms with Gasteiger partial charge in [-0.15, -0.1) is 0 Å². The zero-order chi connectivity index (χ0) is 14.0. The summed E-state index contributed by atoms with van der Waals surface area (Å²) in [4.78, 5) is 22.5. The van der Waals surface area contributed by atoms with Crippen LogP contribution in [0.15, 0.2) is 22.3 Å². The maximum Gasteiger partial charge on any atom is 0.326 e. The van der Waals surface area contributed by atoms with E-state index < -0.39 is 11.9 Å². The Morgan fingerprint density at radius 2 is 1.79 bits per heavy atom. The Morgan fingerprint density at radius 3 is 2.32 bits per heavy atom. The smallest absolute Gasteiger partial charge is 0.326 e. The number of ether oxygens (including phenoxy) is 2. The number of halogens is 1. The Hall–Kier alpha value is -2.02. The van der Waals surface area contributed by atoms with Gasteiger partial charge in [0.1, 0.15) is 17.2 Å². The Balaban J connectivity index is 2.45. The van der Waals surface area contributed by atoms with Gasteiger partial charge in [0.05, 0.1) is 18.7 Å². The van der Waals surface area contributed by atoms with Crippen molar-refractivity contribution in [2.45, 2.75) is 0 Å². The molecule has 1 aromatic carbocycles. The van der Waals surface area contributed by atoms with E-state index in [1.807, 2.05) is 0 Å². The summed E-state index contributed by atoms with van der Waals surface area (Å²) >= 11 is 3.35. The number of nitrogens with one attached hydrogen (secondary N) is 2. The molecule has 6 nitrogen and oxygen atoms in total. The lowest BCUT2D eigenvalue weighted by Crippen LogP contribution is -2.22. The van der Waals surface area contributed by atoms with E-state index in [0.29, 0.717) is 21.5 Å². The molecule has 0 saturated carbocycles. The van der Waals surface area contributed by atoms with Crippen molar-refractivity contribution in [3.8, 4) is 11.5 Å². The van der Waals surface area contributed by atoms with Crippen molar-refractivity contribution in [1.29, 1.82) is 0 Å². The van der Waals surface area contributed by atoms with Crippen LogP contribution in [0.1, 0.15) is 5.56 Å². The number of rotatable bonds is 3. The highest BCUT2D eigenvalue weighted by Gasteiger charge is 2.23. The summed E-state index contributed by atoms with van der Waals surface area (Å²) in [6.07, 6.45) is 1.53. The number of amides is 3. The molecule has 0 bridgehead atoms. The van der Waals surface area contributed by atoms with E-state index in [1.165, 1.54) is 13.2 Å². The van der Waals surface area contributed by atoms with Crippen molar-refractivity contribution in [3.05, 3.63) is 27.9 Å². The Morgan fingerprint density at radius 1 is 1.11 bits per heavy atom. The fraction of sp³-hybridized carbons (Fsp3) is 0.167. The van der Waals surface area contributed by atoms with Crippen molar-refractivity contribution >= 4 is 33.9 Å². The van der Waals surface area contributed by atoms with Gasteiger partial charge in [-0.1, -0.05) is 0 Å². The van der Waals surface area contributed by atoms with Crippen LogP contribution >= 0.6 is 15.9 Å². The van der Waals surface area contributed by atoms with Crippen molar-refractivity contribution in [1.82, 2.24) is 10.6 Å². The molecule has 2 rings (SSSR count). The maximum atomic E-state index is 11.5. The highest BCUT2D eigenvalue weighted by Crippen LogP contribution is 2.33. The van der Waals surface area contributed by atoms with Gasteiger partial charge in [-0.25, -0.2) is 4.79 Å². The molecule has 0 radical (unpaired) electrons. The van der Waals surface area contributed by atoms with E-state index in [2.05, 4.69) is 26.6 Å². The first-order valence-electron chi connectivity index (χ1n) is 5.30. The molecule has 100 valence electrons. The Labute approximate surface area is 117 Å². The molecule has 7 heteroatoms. The summed E-state index contributed by atoms with van der Waals surface area (Å²) in [5, 5.41) is 4.54. The number of hydrogen-bond donors (Lipinski definition) is 2. The van der Waals surface area contributed by atoms with Gasteiger partial charge >= 0.3 is 6.03 Å².